The number of para-hydroxylation sites is 2. The van der Waals surface area contributed by atoms with Crippen LogP contribution < -0.4 is 9.80 Å². The van der Waals surface area contributed by atoms with E-state index in [4.69, 9.17) is 0 Å². The van der Waals surface area contributed by atoms with Crippen molar-refractivity contribution in [3.8, 4) is 44.8 Å². The zero-order valence-corrected chi connectivity index (χ0v) is 32.1. The van der Waals surface area contributed by atoms with Crippen molar-refractivity contribution < 1.29 is 0 Å². The first-order valence-electron chi connectivity index (χ1n) is 19.2. The number of fused-ring (bicyclic) bond motifs is 6. The van der Waals surface area contributed by atoms with Crippen LogP contribution in [0.5, 0.6) is 0 Å². The molecule has 0 aliphatic rings. The average Bonchev–Trinajstić information content (AvgIpc) is 3.76. The lowest BCUT2D eigenvalue weighted by molar-refractivity contribution is 1.13. The number of rotatable bonds is 7. The van der Waals surface area contributed by atoms with E-state index >= 15 is 0 Å². The molecule has 0 fully saturated rings. The molecule has 0 aliphatic carbocycles. The van der Waals surface area contributed by atoms with Gasteiger partial charge in [-0.2, -0.15) is 0 Å². The highest BCUT2D eigenvalue weighted by atomic mass is 15.1. The van der Waals surface area contributed by atoms with Crippen LogP contribution in [0.3, 0.4) is 0 Å². The molecule has 0 unspecified atom stereocenters. The average molecular weight is 723 g/mol. The van der Waals surface area contributed by atoms with Gasteiger partial charge in [0, 0.05) is 72.5 Å². The Kier molecular flexibility index (Phi) is 8.00. The molecule has 2 heterocycles. The lowest BCUT2D eigenvalue weighted by Gasteiger charge is -2.13. The predicted octanol–water partition coefficient (Wildman–Crippen LogP) is 13.0. The molecule has 0 aliphatic heterocycles. The van der Waals surface area contributed by atoms with Crippen LogP contribution in [0.4, 0.5) is 11.4 Å². The molecule has 0 saturated carbocycles. The Morgan fingerprint density at radius 1 is 0.286 bits per heavy atom. The van der Waals surface area contributed by atoms with E-state index in [1.807, 2.05) is 0 Å². The molecular formula is C52H42N4. The van der Waals surface area contributed by atoms with Gasteiger partial charge in [0.15, 0.2) is 0 Å². The lowest BCUT2D eigenvalue weighted by Crippen LogP contribution is -2.07. The maximum absolute atomic E-state index is 2.40. The van der Waals surface area contributed by atoms with Crippen molar-refractivity contribution in [1.29, 1.82) is 0 Å². The fourth-order valence-electron chi connectivity index (χ4n) is 8.37. The van der Waals surface area contributed by atoms with Gasteiger partial charge in [-0.3, -0.25) is 0 Å². The fourth-order valence-corrected chi connectivity index (χ4v) is 8.37. The highest BCUT2D eigenvalue weighted by Crippen LogP contribution is 2.39. The third-order valence-electron chi connectivity index (χ3n) is 11.4. The molecule has 56 heavy (non-hydrogen) atoms. The number of aromatic nitrogens is 2. The van der Waals surface area contributed by atoms with Gasteiger partial charge in [0.1, 0.15) is 0 Å². The van der Waals surface area contributed by atoms with Crippen molar-refractivity contribution in [3.05, 3.63) is 182 Å². The van der Waals surface area contributed by atoms with E-state index in [1.165, 1.54) is 88.4 Å². The van der Waals surface area contributed by atoms with Crippen LogP contribution in [0.25, 0.3) is 88.4 Å². The van der Waals surface area contributed by atoms with E-state index in [0.717, 1.165) is 11.4 Å². The number of nitrogens with zero attached hydrogens (tertiary/aromatic N) is 4. The minimum Gasteiger partial charge on any atom is -0.378 e. The third kappa shape index (κ3) is 5.61. The quantitative estimate of drug-likeness (QED) is 0.163. The summed E-state index contributed by atoms with van der Waals surface area (Å²) in [6.45, 7) is 0. The Morgan fingerprint density at radius 2 is 0.589 bits per heavy atom. The maximum Gasteiger partial charge on any atom is 0.0541 e. The van der Waals surface area contributed by atoms with Gasteiger partial charge >= 0.3 is 0 Å². The second-order valence-corrected chi connectivity index (χ2v) is 15.1. The Morgan fingerprint density at radius 3 is 0.946 bits per heavy atom. The molecule has 10 rings (SSSR count). The molecule has 0 radical (unpaired) electrons. The summed E-state index contributed by atoms with van der Waals surface area (Å²) in [6.07, 6.45) is 0. The fraction of sp³-hybridized carbons (Fsp3) is 0.0769. The Hall–Kier alpha value is -7.04. The van der Waals surface area contributed by atoms with E-state index in [0.29, 0.717) is 0 Å². The molecule has 0 spiro atoms. The molecule has 10 aromatic rings. The van der Waals surface area contributed by atoms with Gasteiger partial charge in [0.2, 0.25) is 0 Å². The second-order valence-electron chi connectivity index (χ2n) is 15.1. The molecule has 4 nitrogen and oxygen atoms in total. The van der Waals surface area contributed by atoms with Crippen molar-refractivity contribution in [2.75, 3.05) is 38.0 Å². The molecule has 0 N–H and O–H groups in total. The smallest absolute Gasteiger partial charge is 0.0541 e. The first-order chi connectivity index (χ1) is 27.4. The van der Waals surface area contributed by atoms with Gasteiger partial charge in [-0.25, -0.2) is 0 Å². The zero-order chi connectivity index (χ0) is 37.9. The van der Waals surface area contributed by atoms with Crippen LogP contribution in [-0.4, -0.2) is 37.3 Å². The summed E-state index contributed by atoms with van der Waals surface area (Å²) in [4.78, 5) is 4.26. The standard InChI is InChI=1S/C52H42N4/c1-53(2)41-23-13-35(14-24-41)37-17-27-43(28-18-37)55-49-11-7-5-9-45(49)47-33-39(21-31-51(47)55)40-22-32-52-48(34-40)46-10-6-8-12-50(46)56(52)44-29-19-38(20-30-44)36-15-25-42(26-16-36)54(3)4/h5-34H,1-4H3. The SMILES string of the molecule is CN(C)c1ccc(-c2ccc(-n3c4ccccc4c4cc(-c5ccc6c(c5)c5ccccc5n6-c5ccc(-c6ccc(N(C)C)cc6)cc5)ccc43)cc2)cc1. The molecule has 4 heteroatoms. The van der Waals surface area contributed by atoms with E-state index < -0.39 is 0 Å². The van der Waals surface area contributed by atoms with Gasteiger partial charge in [-0.15, -0.1) is 0 Å². The van der Waals surface area contributed by atoms with Gasteiger partial charge in [-0.05, 0) is 118 Å². The molecule has 0 atom stereocenters. The number of anilines is 2. The molecule has 270 valence electrons. The minimum absolute atomic E-state index is 1.15. The summed E-state index contributed by atoms with van der Waals surface area (Å²) in [5.41, 5.74) is 16.8. The van der Waals surface area contributed by atoms with Crippen molar-refractivity contribution in [1.82, 2.24) is 9.13 Å². The van der Waals surface area contributed by atoms with Crippen LogP contribution in [0.2, 0.25) is 0 Å². The van der Waals surface area contributed by atoms with Gasteiger partial charge in [0.05, 0.1) is 22.1 Å². The van der Waals surface area contributed by atoms with Crippen molar-refractivity contribution in [2.24, 2.45) is 0 Å². The topological polar surface area (TPSA) is 16.3 Å². The predicted molar refractivity (Wildman–Crippen MR) is 240 cm³/mol. The molecule has 2 aromatic heterocycles. The molecule has 8 aromatic carbocycles. The van der Waals surface area contributed by atoms with Gasteiger partial charge in [-0.1, -0.05) is 97.1 Å². The van der Waals surface area contributed by atoms with Gasteiger partial charge < -0.3 is 18.9 Å². The Bertz CT molecular complexity index is 2820. The monoisotopic (exact) mass is 722 g/mol. The number of hydrogen-bond donors (Lipinski definition) is 0. The molecule has 0 bridgehead atoms. The number of hydrogen-bond acceptors (Lipinski definition) is 2. The largest absolute Gasteiger partial charge is 0.378 e. The van der Waals surface area contributed by atoms with Crippen LogP contribution in [0, 0.1) is 0 Å². The van der Waals surface area contributed by atoms with Crippen LogP contribution >= 0.6 is 0 Å². The van der Waals surface area contributed by atoms with E-state index in [-0.39, 0.29) is 0 Å². The highest BCUT2D eigenvalue weighted by molar-refractivity contribution is 6.12. The molecule has 0 amide bonds. The van der Waals surface area contributed by atoms with E-state index in [9.17, 15) is 0 Å². The van der Waals surface area contributed by atoms with Crippen LogP contribution in [-0.2, 0) is 0 Å². The maximum atomic E-state index is 2.40. The molecule has 0 saturated heterocycles. The van der Waals surface area contributed by atoms with E-state index in [1.54, 1.807) is 0 Å². The van der Waals surface area contributed by atoms with E-state index in [2.05, 4.69) is 229 Å². The van der Waals surface area contributed by atoms with Crippen molar-refractivity contribution in [3.63, 3.8) is 0 Å². The normalized spacial score (nSPS) is 11.6. The summed E-state index contributed by atoms with van der Waals surface area (Å²) in [5.74, 6) is 0. The summed E-state index contributed by atoms with van der Waals surface area (Å²) < 4.78 is 4.79. The number of benzene rings is 8. The summed E-state index contributed by atoms with van der Waals surface area (Å²) in [5, 5.41) is 5.01. The van der Waals surface area contributed by atoms with Gasteiger partial charge in [0.25, 0.3) is 0 Å². The van der Waals surface area contributed by atoms with Crippen LogP contribution in [0.1, 0.15) is 0 Å². The summed E-state index contributed by atoms with van der Waals surface area (Å²) in [7, 11) is 8.30. The van der Waals surface area contributed by atoms with Crippen LogP contribution in [0.15, 0.2) is 182 Å². The lowest BCUT2D eigenvalue weighted by atomic mass is 10.0. The first kappa shape index (κ1) is 33.5. The van der Waals surface area contributed by atoms with Crippen molar-refractivity contribution >= 4 is 55.0 Å². The Balaban J connectivity index is 1.03. The minimum atomic E-state index is 1.15. The first-order valence-corrected chi connectivity index (χ1v) is 19.2. The van der Waals surface area contributed by atoms with Crippen molar-refractivity contribution in [2.45, 2.75) is 0 Å². The highest BCUT2D eigenvalue weighted by Gasteiger charge is 2.16. The Labute approximate surface area is 327 Å². The molecular weight excluding hydrogens is 681 g/mol. The zero-order valence-electron chi connectivity index (χ0n) is 32.1. The summed E-state index contributed by atoms with van der Waals surface area (Å²) in [6, 6.07) is 66.8. The third-order valence-corrected chi connectivity index (χ3v) is 11.4. The summed E-state index contributed by atoms with van der Waals surface area (Å²) >= 11 is 0. The second kappa shape index (κ2) is 13.4.